The first-order valence-electron chi connectivity index (χ1n) is 11.7. The van der Waals surface area contributed by atoms with Crippen molar-refractivity contribution >= 4 is 17.8 Å². The van der Waals surface area contributed by atoms with Crippen molar-refractivity contribution < 1.29 is 14.4 Å². The molecular formula is C24H36N4O3. The summed E-state index contributed by atoms with van der Waals surface area (Å²) >= 11 is 0. The van der Waals surface area contributed by atoms with E-state index in [2.05, 4.69) is 17.6 Å². The SMILES string of the molecule is CCCN(C(=O)CNC(=O)NCC1CCCC1)C1CCN(C(=O)c2ccccc2)CC1. The first-order valence-corrected chi connectivity index (χ1v) is 11.7. The van der Waals surface area contributed by atoms with Gasteiger partial charge in [0.25, 0.3) is 5.91 Å². The van der Waals surface area contributed by atoms with Crippen LogP contribution in [0.15, 0.2) is 30.3 Å². The number of benzene rings is 1. The van der Waals surface area contributed by atoms with E-state index in [-0.39, 0.29) is 30.4 Å². The van der Waals surface area contributed by atoms with Gasteiger partial charge in [0.1, 0.15) is 0 Å². The molecule has 170 valence electrons. The molecule has 1 aliphatic carbocycles. The van der Waals surface area contributed by atoms with Gasteiger partial charge >= 0.3 is 6.03 Å². The maximum atomic E-state index is 12.8. The molecule has 2 fully saturated rings. The highest BCUT2D eigenvalue weighted by atomic mass is 16.2. The predicted octanol–water partition coefficient (Wildman–Crippen LogP) is 3.02. The smallest absolute Gasteiger partial charge is 0.315 e. The standard InChI is InChI=1S/C24H36N4O3/c1-2-14-28(22(29)18-26-24(31)25-17-19-8-6-7-9-19)21-12-15-27(16-13-21)23(30)20-10-4-3-5-11-20/h3-5,10-11,19,21H,2,6-9,12-18H2,1H3,(H2,25,26,31). The molecule has 0 radical (unpaired) electrons. The Morgan fingerprint density at radius 1 is 1.00 bits per heavy atom. The fraction of sp³-hybridized carbons (Fsp3) is 0.625. The largest absolute Gasteiger partial charge is 0.338 e. The molecule has 4 amide bonds. The van der Waals surface area contributed by atoms with Crippen LogP contribution in [0.25, 0.3) is 0 Å². The van der Waals surface area contributed by atoms with Crippen LogP contribution in [0.4, 0.5) is 4.79 Å². The average molecular weight is 429 g/mol. The monoisotopic (exact) mass is 428 g/mol. The highest BCUT2D eigenvalue weighted by Gasteiger charge is 2.29. The maximum absolute atomic E-state index is 12.8. The summed E-state index contributed by atoms with van der Waals surface area (Å²) in [6.07, 6.45) is 7.23. The van der Waals surface area contributed by atoms with Crippen LogP contribution in [-0.4, -0.2) is 66.4 Å². The second-order valence-electron chi connectivity index (χ2n) is 8.69. The highest BCUT2D eigenvalue weighted by Crippen LogP contribution is 2.23. The van der Waals surface area contributed by atoms with E-state index in [0.29, 0.717) is 37.7 Å². The lowest BCUT2D eigenvalue weighted by atomic mass is 10.0. The number of nitrogens with zero attached hydrogens (tertiary/aromatic N) is 2. The summed E-state index contributed by atoms with van der Waals surface area (Å²) in [4.78, 5) is 41.3. The molecule has 1 saturated carbocycles. The Kier molecular flexibility index (Phi) is 8.74. The van der Waals surface area contributed by atoms with Gasteiger partial charge in [-0.2, -0.15) is 0 Å². The molecule has 0 unspecified atom stereocenters. The molecule has 7 nitrogen and oxygen atoms in total. The second-order valence-corrected chi connectivity index (χ2v) is 8.69. The van der Waals surface area contributed by atoms with Gasteiger partial charge in [-0.15, -0.1) is 0 Å². The third kappa shape index (κ3) is 6.71. The number of piperidine rings is 1. The minimum Gasteiger partial charge on any atom is -0.338 e. The van der Waals surface area contributed by atoms with Gasteiger partial charge in [0.15, 0.2) is 0 Å². The van der Waals surface area contributed by atoms with Crippen LogP contribution in [0.5, 0.6) is 0 Å². The minimum absolute atomic E-state index is 0.0136. The van der Waals surface area contributed by atoms with E-state index in [4.69, 9.17) is 0 Å². The molecule has 1 aromatic rings. The van der Waals surface area contributed by atoms with E-state index in [1.807, 2.05) is 40.1 Å². The van der Waals surface area contributed by atoms with E-state index >= 15 is 0 Å². The summed E-state index contributed by atoms with van der Waals surface area (Å²) in [5.41, 5.74) is 0.704. The molecule has 1 aliphatic heterocycles. The Hall–Kier alpha value is -2.57. The Morgan fingerprint density at radius 2 is 1.68 bits per heavy atom. The fourth-order valence-corrected chi connectivity index (χ4v) is 4.67. The average Bonchev–Trinajstić information content (AvgIpc) is 3.33. The molecule has 31 heavy (non-hydrogen) atoms. The third-order valence-corrected chi connectivity index (χ3v) is 6.42. The lowest BCUT2D eigenvalue weighted by molar-refractivity contribution is -0.133. The van der Waals surface area contributed by atoms with E-state index in [0.717, 1.165) is 19.3 Å². The molecule has 0 atom stereocenters. The van der Waals surface area contributed by atoms with E-state index in [1.54, 1.807) is 0 Å². The van der Waals surface area contributed by atoms with Gasteiger partial charge in [0, 0.05) is 37.8 Å². The number of hydrogen-bond donors (Lipinski definition) is 2. The number of urea groups is 1. The van der Waals surface area contributed by atoms with Gasteiger partial charge in [0.05, 0.1) is 6.54 Å². The molecule has 1 aromatic carbocycles. The van der Waals surface area contributed by atoms with E-state index in [1.165, 1.54) is 25.7 Å². The number of rotatable bonds is 8. The van der Waals surface area contributed by atoms with Gasteiger partial charge in [-0.1, -0.05) is 38.0 Å². The van der Waals surface area contributed by atoms with E-state index < -0.39 is 0 Å². The van der Waals surface area contributed by atoms with Crippen molar-refractivity contribution in [3.05, 3.63) is 35.9 Å². The highest BCUT2D eigenvalue weighted by molar-refractivity contribution is 5.94. The maximum Gasteiger partial charge on any atom is 0.315 e. The van der Waals surface area contributed by atoms with Gasteiger partial charge in [-0.25, -0.2) is 4.79 Å². The van der Waals surface area contributed by atoms with Crippen LogP contribution in [0.1, 0.15) is 62.2 Å². The second kappa shape index (κ2) is 11.7. The molecule has 0 spiro atoms. The fourth-order valence-electron chi connectivity index (χ4n) is 4.67. The van der Waals surface area contributed by atoms with Crippen molar-refractivity contribution in [3.63, 3.8) is 0 Å². The molecule has 2 N–H and O–H groups in total. The van der Waals surface area contributed by atoms with Crippen molar-refractivity contribution in [1.29, 1.82) is 0 Å². The van der Waals surface area contributed by atoms with Crippen LogP contribution in [0.2, 0.25) is 0 Å². The number of carbonyl (C=O) groups is 3. The molecule has 1 saturated heterocycles. The van der Waals surface area contributed by atoms with Gasteiger partial charge in [0.2, 0.25) is 5.91 Å². The molecule has 1 heterocycles. The summed E-state index contributed by atoms with van der Waals surface area (Å²) < 4.78 is 0. The van der Waals surface area contributed by atoms with Crippen molar-refractivity contribution in [2.75, 3.05) is 32.7 Å². The molecule has 0 bridgehead atoms. The lowest BCUT2D eigenvalue weighted by Crippen LogP contribution is -2.52. The summed E-state index contributed by atoms with van der Waals surface area (Å²) in [6.45, 7) is 4.70. The number of nitrogens with one attached hydrogen (secondary N) is 2. The van der Waals surface area contributed by atoms with Crippen LogP contribution in [0.3, 0.4) is 0 Å². The van der Waals surface area contributed by atoms with Gasteiger partial charge in [-0.3, -0.25) is 9.59 Å². The third-order valence-electron chi connectivity index (χ3n) is 6.42. The number of hydrogen-bond acceptors (Lipinski definition) is 3. The predicted molar refractivity (Wildman–Crippen MR) is 121 cm³/mol. The Labute approximate surface area is 185 Å². The number of amides is 4. The first-order chi connectivity index (χ1) is 15.1. The van der Waals surface area contributed by atoms with Crippen LogP contribution in [0, 0.1) is 5.92 Å². The Balaban J connectivity index is 1.44. The zero-order valence-corrected chi connectivity index (χ0v) is 18.6. The Bertz CT molecular complexity index is 726. The molecule has 2 aliphatic rings. The molecular weight excluding hydrogens is 392 g/mol. The van der Waals surface area contributed by atoms with E-state index in [9.17, 15) is 14.4 Å². The van der Waals surface area contributed by atoms with Crippen molar-refractivity contribution in [1.82, 2.24) is 20.4 Å². The van der Waals surface area contributed by atoms with Crippen LogP contribution >= 0.6 is 0 Å². The quantitative estimate of drug-likeness (QED) is 0.668. The first kappa shape index (κ1) is 23.1. The molecule has 0 aromatic heterocycles. The van der Waals surface area contributed by atoms with Crippen molar-refractivity contribution in [3.8, 4) is 0 Å². The summed E-state index contributed by atoms with van der Waals surface area (Å²) in [7, 11) is 0. The zero-order valence-electron chi connectivity index (χ0n) is 18.6. The van der Waals surface area contributed by atoms with Gasteiger partial charge in [-0.05, 0) is 50.2 Å². The molecule has 3 rings (SSSR count). The Morgan fingerprint density at radius 3 is 2.32 bits per heavy atom. The number of likely N-dealkylation sites (tertiary alicyclic amines) is 1. The van der Waals surface area contributed by atoms with Crippen molar-refractivity contribution in [2.45, 2.75) is 57.9 Å². The summed E-state index contributed by atoms with van der Waals surface area (Å²) in [5, 5.41) is 5.63. The topological polar surface area (TPSA) is 81.8 Å². The van der Waals surface area contributed by atoms with Gasteiger partial charge < -0.3 is 20.4 Å². The number of carbonyl (C=O) groups excluding carboxylic acids is 3. The van der Waals surface area contributed by atoms with Crippen molar-refractivity contribution in [2.24, 2.45) is 5.92 Å². The molecule has 7 heteroatoms. The summed E-state index contributed by atoms with van der Waals surface area (Å²) in [5.74, 6) is 0.570. The van der Waals surface area contributed by atoms with Crippen LogP contribution in [-0.2, 0) is 4.79 Å². The normalized spacial score (nSPS) is 17.4. The minimum atomic E-state index is -0.264. The summed E-state index contributed by atoms with van der Waals surface area (Å²) in [6, 6.07) is 9.17. The lowest BCUT2D eigenvalue weighted by Gasteiger charge is -2.38. The zero-order chi connectivity index (χ0) is 22.1. The van der Waals surface area contributed by atoms with Crippen LogP contribution < -0.4 is 10.6 Å².